The summed E-state index contributed by atoms with van der Waals surface area (Å²) in [4.78, 5) is 11.7. The van der Waals surface area contributed by atoms with Gasteiger partial charge < -0.3 is 10.5 Å². The number of carbonyl (C=O) groups is 1. The van der Waals surface area contributed by atoms with Gasteiger partial charge in [0.2, 0.25) is 0 Å². The Bertz CT molecular complexity index is 297. The predicted molar refractivity (Wildman–Crippen MR) is 55.2 cm³/mol. The summed E-state index contributed by atoms with van der Waals surface area (Å²) in [5.41, 5.74) is 6.36. The van der Waals surface area contributed by atoms with Crippen molar-refractivity contribution in [3.8, 4) is 0 Å². The van der Waals surface area contributed by atoms with E-state index in [2.05, 4.69) is 0 Å². The molecule has 3 nitrogen and oxygen atoms in total. The molecule has 3 heteroatoms. The Morgan fingerprint density at radius 2 is 1.93 bits per heavy atom. The number of carbonyl (C=O) groups excluding carboxylic acids is 1. The zero-order valence-electron chi connectivity index (χ0n) is 8.44. The Labute approximate surface area is 83.9 Å². The molecule has 2 atom stereocenters. The molecule has 1 aromatic rings. The van der Waals surface area contributed by atoms with Gasteiger partial charge in [0, 0.05) is 12.7 Å². The molecule has 0 heterocycles. The fourth-order valence-corrected chi connectivity index (χ4v) is 1.15. The van der Waals surface area contributed by atoms with Crippen LogP contribution in [-0.4, -0.2) is 25.0 Å². The van der Waals surface area contributed by atoms with Crippen molar-refractivity contribution in [1.29, 1.82) is 0 Å². The van der Waals surface area contributed by atoms with Crippen LogP contribution in [0, 0.1) is 0 Å². The Kier molecular flexibility index (Phi) is 3.80. The molecule has 2 unspecified atom stereocenters. The van der Waals surface area contributed by atoms with Crippen molar-refractivity contribution >= 4 is 5.78 Å². The Morgan fingerprint density at radius 3 is 2.43 bits per heavy atom. The predicted octanol–water partition coefficient (Wildman–Crippen LogP) is 1.23. The highest BCUT2D eigenvalue weighted by molar-refractivity contribution is 6.00. The quantitative estimate of drug-likeness (QED) is 0.732. The molecule has 14 heavy (non-hydrogen) atoms. The van der Waals surface area contributed by atoms with Crippen LogP contribution >= 0.6 is 0 Å². The normalized spacial score (nSPS) is 14.8. The van der Waals surface area contributed by atoms with E-state index in [1.807, 2.05) is 18.2 Å². The van der Waals surface area contributed by atoms with Crippen molar-refractivity contribution < 1.29 is 9.53 Å². The third-order valence-electron chi connectivity index (χ3n) is 2.24. The smallest absolute Gasteiger partial charge is 0.182 e. The minimum Gasteiger partial charge on any atom is -0.380 e. The zero-order valence-corrected chi connectivity index (χ0v) is 8.44. The van der Waals surface area contributed by atoms with Crippen LogP contribution < -0.4 is 5.73 Å². The summed E-state index contributed by atoms with van der Waals surface area (Å²) in [6.07, 6.45) is -0.261. The van der Waals surface area contributed by atoms with Gasteiger partial charge in [0.15, 0.2) is 5.78 Å². The number of nitrogens with two attached hydrogens (primary N) is 1. The van der Waals surface area contributed by atoms with Crippen molar-refractivity contribution in [1.82, 2.24) is 0 Å². The summed E-state index contributed by atoms with van der Waals surface area (Å²) in [5, 5.41) is 0. The lowest BCUT2D eigenvalue weighted by Crippen LogP contribution is -2.41. The molecule has 0 aliphatic heterocycles. The van der Waals surface area contributed by atoms with Gasteiger partial charge >= 0.3 is 0 Å². The first kappa shape index (κ1) is 10.9. The molecule has 0 aliphatic rings. The second kappa shape index (κ2) is 4.88. The maximum atomic E-state index is 11.7. The highest BCUT2D eigenvalue weighted by Gasteiger charge is 2.21. The van der Waals surface area contributed by atoms with E-state index < -0.39 is 6.04 Å². The van der Waals surface area contributed by atoms with Gasteiger partial charge in [0.05, 0.1) is 12.1 Å². The maximum absolute atomic E-state index is 11.7. The first-order chi connectivity index (χ1) is 6.66. The average Bonchev–Trinajstić information content (AvgIpc) is 2.27. The molecule has 0 radical (unpaired) electrons. The molecular weight excluding hydrogens is 178 g/mol. The van der Waals surface area contributed by atoms with Crippen LogP contribution in [0.15, 0.2) is 30.3 Å². The topological polar surface area (TPSA) is 52.3 Å². The van der Waals surface area contributed by atoms with Gasteiger partial charge in [0.1, 0.15) is 0 Å². The fraction of sp³-hybridized carbons (Fsp3) is 0.364. The molecule has 0 spiro atoms. The number of hydrogen-bond acceptors (Lipinski definition) is 3. The van der Waals surface area contributed by atoms with E-state index in [1.165, 1.54) is 0 Å². The van der Waals surface area contributed by atoms with E-state index in [-0.39, 0.29) is 11.9 Å². The molecule has 0 bridgehead atoms. The van der Waals surface area contributed by atoms with Gasteiger partial charge in [-0.3, -0.25) is 4.79 Å². The molecular formula is C11H15NO2. The van der Waals surface area contributed by atoms with Gasteiger partial charge in [-0.2, -0.15) is 0 Å². The van der Waals surface area contributed by atoms with Crippen molar-refractivity contribution in [2.24, 2.45) is 5.73 Å². The van der Waals surface area contributed by atoms with E-state index >= 15 is 0 Å². The number of rotatable bonds is 4. The molecule has 0 fully saturated rings. The lowest BCUT2D eigenvalue weighted by atomic mass is 10.0. The lowest BCUT2D eigenvalue weighted by molar-refractivity contribution is 0.0705. The standard InChI is InChI=1S/C11H15NO2/c1-8(14-2)10(12)11(13)9-6-4-3-5-7-9/h3-8,10H,12H2,1-2H3. The minimum absolute atomic E-state index is 0.0834. The summed E-state index contributed by atoms with van der Waals surface area (Å²) < 4.78 is 5.01. The zero-order chi connectivity index (χ0) is 10.6. The van der Waals surface area contributed by atoms with Crippen molar-refractivity contribution in [2.45, 2.75) is 19.1 Å². The van der Waals surface area contributed by atoms with Crippen LogP contribution in [0.2, 0.25) is 0 Å². The molecule has 0 saturated heterocycles. The average molecular weight is 193 g/mol. The number of Topliss-reactive ketones (excluding diaryl/α,β-unsaturated/α-hetero) is 1. The monoisotopic (exact) mass is 193 g/mol. The SMILES string of the molecule is COC(C)C(N)C(=O)c1ccccc1. The lowest BCUT2D eigenvalue weighted by Gasteiger charge is -2.16. The maximum Gasteiger partial charge on any atom is 0.182 e. The van der Waals surface area contributed by atoms with Crippen LogP contribution in [0.3, 0.4) is 0 Å². The van der Waals surface area contributed by atoms with E-state index in [0.717, 1.165) is 0 Å². The first-order valence-electron chi connectivity index (χ1n) is 4.54. The highest BCUT2D eigenvalue weighted by atomic mass is 16.5. The summed E-state index contributed by atoms with van der Waals surface area (Å²) in [6, 6.07) is 8.41. The Balaban J connectivity index is 2.76. The first-order valence-corrected chi connectivity index (χ1v) is 4.54. The summed E-state index contributed by atoms with van der Waals surface area (Å²) >= 11 is 0. The molecule has 0 aromatic heterocycles. The van der Waals surface area contributed by atoms with Crippen molar-refractivity contribution in [2.75, 3.05) is 7.11 Å². The van der Waals surface area contributed by atoms with Gasteiger partial charge in [0.25, 0.3) is 0 Å². The summed E-state index contributed by atoms with van der Waals surface area (Å²) in [7, 11) is 1.54. The molecule has 76 valence electrons. The number of methoxy groups -OCH3 is 1. The fourth-order valence-electron chi connectivity index (χ4n) is 1.15. The van der Waals surface area contributed by atoms with Gasteiger partial charge in [-0.15, -0.1) is 0 Å². The van der Waals surface area contributed by atoms with Crippen LogP contribution in [-0.2, 0) is 4.74 Å². The molecule has 0 aliphatic carbocycles. The van der Waals surface area contributed by atoms with Crippen LogP contribution in [0.1, 0.15) is 17.3 Å². The molecule has 0 amide bonds. The van der Waals surface area contributed by atoms with E-state index in [9.17, 15) is 4.79 Å². The van der Waals surface area contributed by atoms with Crippen LogP contribution in [0.5, 0.6) is 0 Å². The van der Waals surface area contributed by atoms with Crippen LogP contribution in [0.4, 0.5) is 0 Å². The minimum atomic E-state index is -0.595. The molecule has 0 saturated carbocycles. The van der Waals surface area contributed by atoms with E-state index in [1.54, 1.807) is 26.2 Å². The molecule has 1 aromatic carbocycles. The third kappa shape index (κ3) is 2.40. The van der Waals surface area contributed by atoms with Gasteiger partial charge in [-0.25, -0.2) is 0 Å². The number of benzene rings is 1. The Hall–Kier alpha value is -1.19. The summed E-state index contributed by atoms with van der Waals surface area (Å²) in [6.45, 7) is 1.78. The second-order valence-corrected chi connectivity index (χ2v) is 3.20. The van der Waals surface area contributed by atoms with Crippen molar-refractivity contribution in [3.05, 3.63) is 35.9 Å². The summed E-state index contributed by atoms with van der Waals surface area (Å²) in [5.74, 6) is -0.0834. The molecule has 1 rings (SSSR count). The highest BCUT2D eigenvalue weighted by Crippen LogP contribution is 2.06. The Morgan fingerprint density at radius 1 is 1.36 bits per heavy atom. The number of ether oxygens (including phenoxy) is 1. The van der Waals surface area contributed by atoms with E-state index in [4.69, 9.17) is 10.5 Å². The molecule has 2 N–H and O–H groups in total. The second-order valence-electron chi connectivity index (χ2n) is 3.20. The van der Waals surface area contributed by atoms with Gasteiger partial charge in [-0.05, 0) is 6.92 Å². The van der Waals surface area contributed by atoms with Gasteiger partial charge in [-0.1, -0.05) is 30.3 Å². The third-order valence-corrected chi connectivity index (χ3v) is 2.24. The van der Waals surface area contributed by atoms with Crippen molar-refractivity contribution in [3.63, 3.8) is 0 Å². The number of ketones is 1. The largest absolute Gasteiger partial charge is 0.380 e. The van der Waals surface area contributed by atoms with E-state index in [0.29, 0.717) is 5.56 Å². The van der Waals surface area contributed by atoms with Crippen LogP contribution in [0.25, 0.3) is 0 Å². The number of hydrogen-bond donors (Lipinski definition) is 1.